The highest BCUT2D eigenvalue weighted by atomic mass is 32.1. The van der Waals surface area contributed by atoms with Crippen LogP contribution in [-0.4, -0.2) is 9.97 Å². The van der Waals surface area contributed by atoms with Crippen molar-refractivity contribution in [2.45, 2.75) is 0 Å². The lowest BCUT2D eigenvalue weighted by atomic mass is 9.90. The molecule has 11 aromatic rings. The van der Waals surface area contributed by atoms with Crippen LogP contribution in [0.15, 0.2) is 206 Å². The number of benzene rings is 9. The Morgan fingerprint density at radius 3 is 1.61 bits per heavy atom. The SMILES string of the molecule is c1ccc(-c2cc(-c3cc(-c4cccc(-c5cc6ccccc6c6ccccc56)c4)cc(-c4ccc5sc6ccccc6c5c4)c3)nc(-c3ccccc3)n2)cc1. The van der Waals surface area contributed by atoms with Gasteiger partial charge in [0, 0.05) is 36.9 Å². The Morgan fingerprint density at radius 1 is 0.281 bits per heavy atom. The van der Waals surface area contributed by atoms with Crippen LogP contribution in [0.5, 0.6) is 0 Å². The minimum Gasteiger partial charge on any atom is -0.228 e. The first kappa shape index (κ1) is 33.2. The van der Waals surface area contributed by atoms with Gasteiger partial charge < -0.3 is 0 Å². The van der Waals surface area contributed by atoms with Crippen LogP contribution >= 0.6 is 11.3 Å². The van der Waals surface area contributed by atoms with Crippen molar-refractivity contribution in [3.63, 3.8) is 0 Å². The molecule has 2 heterocycles. The van der Waals surface area contributed by atoms with Gasteiger partial charge in [0.15, 0.2) is 5.82 Å². The van der Waals surface area contributed by atoms with E-state index < -0.39 is 0 Å². The summed E-state index contributed by atoms with van der Waals surface area (Å²) in [6.45, 7) is 0. The van der Waals surface area contributed by atoms with Crippen LogP contribution in [-0.2, 0) is 0 Å². The van der Waals surface area contributed by atoms with Crippen molar-refractivity contribution in [3.8, 4) is 67.3 Å². The average molecular weight is 743 g/mol. The van der Waals surface area contributed by atoms with E-state index in [1.165, 1.54) is 58.4 Å². The lowest BCUT2D eigenvalue weighted by Crippen LogP contribution is -1.96. The Kier molecular flexibility index (Phi) is 8.04. The molecule has 0 aliphatic carbocycles. The fraction of sp³-hybridized carbons (Fsp3) is 0. The third-order valence-corrected chi connectivity index (χ3v) is 12.2. The zero-order valence-electron chi connectivity index (χ0n) is 30.9. The molecule has 0 unspecified atom stereocenters. The molecule has 11 rings (SSSR count). The van der Waals surface area contributed by atoms with Crippen molar-refractivity contribution >= 4 is 53.1 Å². The molecule has 2 nitrogen and oxygen atoms in total. The molecule has 0 fully saturated rings. The summed E-state index contributed by atoms with van der Waals surface area (Å²) >= 11 is 1.85. The van der Waals surface area contributed by atoms with Crippen molar-refractivity contribution in [2.75, 3.05) is 0 Å². The molecule has 0 spiro atoms. The second-order valence-corrected chi connectivity index (χ2v) is 15.7. The summed E-state index contributed by atoms with van der Waals surface area (Å²) in [7, 11) is 0. The van der Waals surface area contributed by atoms with Gasteiger partial charge in [-0.1, -0.05) is 152 Å². The predicted molar refractivity (Wildman–Crippen MR) is 243 cm³/mol. The molecule has 0 radical (unpaired) electrons. The molecular formula is C54H34N2S. The monoisotopic (exact) mass is 742 g/mol. The van der Waals surface area contributed by atoms with Crippen molar-refractivity contribution in [1.29, 1.82) is 0 Å². The van der Waals surface area contributed by atoms with Gasteiger partial charge >= 0.3 is 0 Å². The van der Waals surface area contributed by atoms with E-state index in [9.17, 15) is 0 Å². The summed E-state index contributed by atoms with van der Waals surface area (Å²) in [4.78, 5) is 10.4. The number of aromatic nitrogens is 2. The first-order valence-electron chi connectivity index (χ1n) is 19.3. The minimum atomic E-state index is 0.704. The Morgan fingerprint density at radius 2 is 0.825 bits per heavy atom. The molecule has 9 aromatic carbocycles. The molecule has 266 valence electrons. The highest BCUT2D eigenvalue weighted by molar-refractivity contribution is 7.25. The van der Waals surface area contributed by atoms with E-state index >= 15 is 0 Å². The molecular weight excluding hydrogens is 709 g/mol. The van der Waals surface area contributed by atoms with Crippen molar-refractivity contribution in [1.82, 2.24) is 9.97 Å². The van der Waals surface area contributed by atoms with Crippen molar-refractivity contribution in [2.24, 2.45) is 0 Å². The lowest BCUT2D eigenvalue weighted by Gasteiger charge is -2.15. The molecule has 0 atom stereocenters. The molecule has 0 aliphatic rings. The Labute approximate surface area is 335 Å². The summed E-state index contributed by atoms with van der Waals surface area (Å²) in [6, 6.07) is 74.2. The number of fused-ring (bicyclic) bond motifs is 6. The smallest absolute Gasteiger partial charge is 0.160 e. The van der Waals surface area contributed by atoms with Gasteiger partial charge in [-0.15, -0.1) is 11.3 Å². The largest absolute Gasteiger partial charge is 0.228 e. The van der Waals surface area contributed by atoms with Crippen LogP contribution in [0, 0.1) is 0 Å². The molecule has 2 aromatic heterocycles. The highest BCUT2D eigenvalue weighted by Gasteiger charge is 2.16. The first-order valence-corrected chi connectivity index (χ1v) is 20.1. The quantitative estimate of drug-likeness (QED) is 0.159. The van der Waals surface area contributed by atoms with E-state index in [4.69, 9.17) is 9.97 Å². The number of rotatable bonds is 6. The average Bonchev–Trinajstić information content (AvgIpc) is 3.67. The van der Waals surface area contributed by atoms with E-state index in [1.807, 2.05) is 35.6 Å². The molecule has 0 aliphatic heterocycles. The molecule has 0 saturated heterocycles. The van der Waals surface area contributed by atoms with Gasteiger partial charge in [-0.2, -0.15) is 0 Å². The lowest BCUT2D eigenvalue weighted by molar-refractivity contribution is 1.18. The first-order chi connectivity index (χ1) is 28.2. The third kappa shape index (κ3) is 6.06. The minimum absolute atomic E-state index is 0.704. The second-order valence-electron chi connectivity index (χ2n) is 14.6. The maximum atomic E-state index is 5.27. The molecule has 0 amide bonds. The van der Waals surface area contributed by atoms with Crippen LogP contribution in [0.25, 0.3) is 109 Å². The standard InChI is InChI=1S/C54H34N2S/c1-3-14-35(15-4-1)50-34-51(56-54(55-50)36-16-5-2-6-17-36)43-30-41(29-42(31-43)38-26-27-53-49(32-38)47-24-11-12-25-52(47)57-53)37-19-13-20-39(28-37)48-33-40-18-7-8-21-44(40)45-22-9-10-23-46(45)48/h1-34H. The van der Waals surface area contributed by atoms with Gasteiger partial charge in [0.1, 0.15) is 0 Å². The summed E-state index contributed by atoms with van der Waals surface area (Å²) in [6.07, 6.45) is 0. The van der Waals surface area contributed by atoms with E-state index in [1.54, 1.807) is 0 Å². The molecule has 0 bridgehead atoms. The zero-order chi connectivity index (χ0) is 37.7. The third-order valence-electron chi connectivity index (χ3n) is 11.0. The summed E-state index contributed by atoms with van der Waals surface area (Å²) in [5, 5.41) is 7.61. The van der Waals surface area contributed by atoms with Gasteiger partial charge in [0.05, 0.1) is 11.4 Å². The van der Waals surface area contributed by atoms with E-state index in [-0.39, 0.29) is 0 Å². The van der Waals surface area contributed by atoms with Gasteiger partial charge in [-0.25, -0.2) is 9.97 Å². The topological polar surface area (TPSA) is 25.8 Å². The molecule has 0 N–H and O–H groups in total. The summed E-state index contributed by atoms with van der Waals surface area (Å²) < 4.78 is 2.60. The maximum Gasteiger partial charge on any atom is 0.160 e. The number of nitrogens with zero attached hydrogens (tertiary/aromatic N) is 2. The van der Waals surface area contributed by atoms with Crippen LogP contribution in [0.4, 0.5) is 0 Å². The second kappa shape index (κ2) is 13.8. The fourth-order valence-corrected chi connectivity index (χ4v) is 9.33. The number of hydrogen-bond acceptors (Lipinski definition) is 3. The van der Waals surface area contributed by atoms with Crippen molar-refractivity contribution in [3.05, 3.63) is 206 Å². The van der Waals surface area contributed by atoms with Crippen molar-refractivity contribution < 1.29 is 0 Å². The zero-order valence-corrected chi connectivity index (χ0v) is 31.7. The normalized spacial score (nSPS) is 11.5. The van der Waals surface area contributed by atoms with E-state index in [0.29, 0.717) is 5.82 Å². The highest BCUT2D eigenvalue weighted by Crippen LogP contribution is 2.41. The Hall–Kier alpha value is -7.20. The van der Waals surface area contributed by atoms with Gasteiger partial charge in [0.25, 0.3) is 0 Å². The number of hydrogen-bond donors (Lipinski definition) is 0. The van der Waals surface area contributed by atoms with Crippen LogP contribution in [0.3, 0.4) is 0 Å². The Bertz CT molecular complexity index is 3230. The maximum absolute atomic E-state index is 5.27. The van der Waals surface area contributed by atoms with Gasteiger partial charge in [0.2, 0.25) is 0 Å². The van der Waals surface area contributed by atoms with E-state index in [2.05, 4.69) is 182 Å². The molecule has 57 heavy (non-hydrogen) atoms. The van der Waals surface area contributed by atoms with Gasteiger partial charge in [-0.3, -0.25) is 0 Å². The van der Waals surface area contributed by atoms with E-state index in [0.717, 1.165) is 44.8 Å². The Balaban J connectivity index is 1.13. The van der Waals surface area contributed by atoms with Crippen LogP contribution < -0.4 is 0 Å². The predicted octanol–water partition coefficient (Wildman–Crippen LogP) is 15.2. The van der Waals surface area contributed by atoms with Crippen LogP contribution in [0.2, 0.25) is 0 Å². The fourth-order valence-electron chi connectivity index (χ4n) is 8.24. The summed E-state index contributed by atoms with van der Waals surface area (Å²) in [5.74, 6) is 0.704. The summed E-state index contributed by atoms with van der Waals surface area (Å²) in [5.41, 5.74) is 11.9. The van der Waals surface area contributed by atoms with Gasteiger partial charge in [-0.05, 0) is 110 Å². The van der Waals surface area contributed by atoms with Crippen LogP contribution in [0.1, 0.15) is 0 Å². The molecule has 0 saturated carbocycles. The number of thiophene rings is 1. The molecule has 3 heteroatoms.